The molecule has 0 amide bonds. The fourth-order valence-electron chi connectivity index (χ4n) is 0.472. The van der Waals surface area contributed by atoms with Crippen molar-refractivity contribution in [2.24, 2.45) is 0 Å². The molecule has 0 aromatic rings. The van der Waals surface area contributed by atoms with E-state index in [4.69, 9.17) is 11.3 Å². The molecule has 0 heterocycles. The first kappa shape index (κ1) is 9.58. The van der Waals surface area contributed by atoms with Crippen LogP contribution in [-0.4, -0.2) is 11.5 Å². The molecule has 0 fully saturated rings. The summed E-state index contributed by atoms with van der Waals surface area (Å²) in [4.78, 5) is 8.16. The third-order valence-electron chi connectivity index (χ3n) is 0.917. The number of unbranched alkanes of at least 4 members (excludes halogenated alkanes) is 2. The average molecular weight is 161 g/mol. The van der Waals surface area contributed by atoms with Gasteiger partial charge in [-0.2, -0.15) is 0 Å². The van der Waals surface area contributed by atoms with Gasteiger partial charge in [-0.3, -0.25) is 0 Å². The van der Waals surface area contributed by atoms with E-state index in [1.807, 2.05) is 0 Å². The molecule has 0 rings (SSSR count). The van der Waals surface area contributed by atoms with E-state index in [-0.39, 0.29) is 0 Å². The number of hydrogen-bond donors (Lipinski definition) is 1. The van der Waals surface area contributed by atoms with Gasteiger partial charge >= 0.3 is 8.25 Å². The standard InChI is InChI=1S/C6H9O3P/c1-2-3-4-5-6-9-10(7)8/h1H,3-6H2/p+1. The van der Waals surface area contributed by atoms with Crippen LogP contribution in [0, 0.1) is 12.3 Å². The summed E-state index contributed by atoms with van der Waals surface area (Å²) in [6.45, 7) is 0.313. The Bertz CT molecular complexity index is 138. The SMILES string of the molecule is C#CCCCCO[P+](=O)O. The van der Waals surface area contributed by atoms with E-state index in [2.05, 4.69) is 10.4 Å². The third-order valence-corrected chi connectivity index (χ3v) is 1.32. The lowest BCUT2D eigenvalue weighted by Crippen LogP contribution is -1.85. The van der Waals surface area contributed by atoms with Gasteiger partial charge in [0.25, 0.3) is 0 Å². The number of terminal acetylenes is 1. The topological polar surface area (TPSA) is 46.5 Å². The lowest BCUT2D eigenvalue weighted by Gasteiger charge is -1.87. The van der Waals surface area contributed by atoms with Gasteiger partial charge in [0.15, 0.2) is 0 Å². The maximum absolute atomic E-state index is 9.92. The van der Waals surface area contributed by atoms with Crippen LogP contribution >= 0.6 is 8.25 Å². The van der Waals surface area contributed by atoms with Gasteiger partial charge in [0.1, 0.15) is 6.61 Å². The molecule has 0 aromatic heterocycles. The molecule has 1 atom stereocenters. The molecule has 0 bridgehead atoms. The van der Waals surface area contributed by atoms with E-state index >= 15 is 0 Å². The Morgan fingerprint density at radius 1 is 1.60 bits per heavy atom. The first-order valence-electron chi connectivity index (χ1n) is 3.00. The van der Waals surface area contributed by atoms with Crippen LogP contribution in [0.1, 0.15) is 19.3 Å². The minimum Gasteiger partial charge on any atom is -0.133 e. The third kappa shape index (κ3) is 7.58. The van der Waals surface area contributed by atoms with Crippen molar-refractivity contribution in [1.82, 2.24) is 0 Å². The summed E-state index contributed by atoms with van der Waals surface area (Å²) in [6, 6.07) is 0. The minimum absolute atomic E-state index is 0.313. The van der Waals surface area contributed by atoms with Gasteiger partial charge in [-0.15, -0.1) is 21.8 Å². The maximum atomic E-state index is 9.92. The Morgan fingerprint density at radius 2 is 2.30 bits per heavy atom. The summed E-state index contributed by atoms with van der Waals surface area (Å²) in [5, 5.41) is 0. The summed E-state index contributed by atoms with van der Waals surface area (Å²) in [5.41, 5.74) is 0. The summed E-state index contributed by atoms with van der Waals surface area (Å²) in [7, 11) is -2.42. The lowest BCUT2D eigenvalue weighted by atomic mass is 10.2. The summed E-state index contributed by atoms with van der Waals surface area (Å²) in [5.74, 6) is 2.46. The van der Waals surface area contributed by atoms with Crippen LogP contribution in [0.15, 0.2) is 0 Å². The second kappa shape index (κ2) is 6.70. The number of rotatable bonds is 5. The maximum Gasteiger partial charge on any atom is 0.694 e. The average Bonchev–Trinajstić information content (AvgIpc) is 1.87. The van der Waals surface area contributed by atoms with Crippen molar-refractivity contribution >= 4 is 8.25 Å². The fraction of sp³-hybridized carbons (Fsp3) is 0.667. The molecular formula is C6H10O3P+. The molecule has 0 aliphatic carbocycles. The van der Waals surface area contributed by atoms with Crippen molar-refractivity contribution in [1.29, 1.82) is 0 Å². The highest BCUT2D eigenvalue weighted by atomic mass is 31.1. The van der Waals surface area contributed by atoms with Crippen LogP contribution in [0.2, 0.25) is 0 Å². The van der Waals surface area contributed by atoms with Gasteiger partial charge in [-0.25, -0.2) is 0 Å². The quantitative estimate of drug-likeness (QED) is 0.377. The van der Waals surface area contributed by atoms with Gasteiger partial charge in [-0.1, -0.05) is 0 Å². The van der Waals surface area contributed by atoms with Gasteiger partial charge in [-0.05, 0) is 12.8 Å². The van der Waals surface area contributed by atoms with Crippen molar-refractivity contribution < 1.29 is 14.0 Å². The summed E-state index contributed by atoms with van der Waals surface area (Å²) >= 11 is 0. The minimum atomic E-state index is -2.42. The van der Waals surface area contributed by atoms with E-state index in [0.717, 1.165) is 12.8 Å². The lowest BCUT2D eigenvalue weighted by molar-refractivity contribution is 0.275. The van der Waals surface area contributed by atoms with Crippen LogP contribution in [0.3, 0.4) is 0 Å². The molecule has 56 valence electrons. The Balaban J connectivity index is 2.92. The second-order valence-electron chi connectivity index (χ2n) is 1.73. The first-order valence-corrected chi connectivity index (χ1v) is 4.13. The molecule has 0 radical (unpaired) electrons. The Labute approximate surface area is 61.3 Å². The first-order chi connectivity index (χ1) is 4.77. The molecule has 0 aromatic carbocycles. The molecule has 3 nitrogen and oxygen atoms in total. The molecule has 1 N–H and O–H groups in total. The highest BCUT2D eigenvalue weighted by molar-refractivity contribution is 7.32. The van der Waals surface area contributed by atoms with Crippen LogP contribution in [0.25, 0.3) is 0 Å². The molecule has 0 saturated carbocycles. The Hall–Kier alpha value is -0.420. The van der Waals surface area contributed by atoms with Crippen molar-refractivity contribution in [3.8, 4) is 12.3 Å². The zero-order valence-corrected chi connectivity index (χ0v) is 6.51. The van der Waals surface area contributed by atoms with E-state index in [1.165, 1.54) is 0 Å². The normalized spacial score (nSPS) is 10.6. The molecule has 10 heavy (non-hydrogen) atoms. The predicted octanol–water partition coefficient (Wildman–Crippen LogP) is 1.46. The van der Waals surface area contributed by atoms with Crippen molar-refractivity contribution in [2.75, 3.05) is 6.61 Å². The van der Waals surface area contributed by atoms with E-state index in [9.17, 15) is 4.57 Å². The van der Waals surface area contributed by atoms with Gasteiger partial charge in [0, 0.05) is 11.0 Å². The van der Waals surface area contributed by atoms with Crippen molar-refractivity contribution in [2.45, 2.75) is 19.3 Å². The molecule has 0 aliphatic rings. The second-order valence-corrected chi connectivity index (χ2v) is 2.47. The fourth-order valence-corrected chi connectivity index (χ4v) is 0.757. The van der Waals surface area contributed by atoms with Crippen LogP contribution in [0.4, 0.5) is 0 Å². The highest BCUT2D eigenvalue weighted by Crippen LogP contribution is 2.14. The van der Waals surface area contributed by atoms with Gasteiger partial charge in [0.05, 0.1) is 0 Å². The molecule has 0 aliphatic heterocycles. The van der Waals surface area contributed by atoms with Gasteiger partial charge < -0.3 is 0 Å². The molecule has 0 spiro atoms. The molecule has 4 heteroatoms. The molecular weight excluding hydrogens is 151 g/mol. The zero-order valence-electron chi connectivity index (χ0n) is 5.62. The molecule has 0 saturated heterocycles. The van der Waals surface area contributed by atoms with Crippen molar-refractivity contribution in [3.63, 3.8) is 0 Å². The Kier molecular flexibility index (Phi) is 6.42. The van der Waals surface area contributed by atoms with Crippen LogP contribution in [0.5, 0.6) is 0 Å². The summed E-state index contributed by atoms with van der Waals surface area (Å²) < 4.78 is 14.3. The summed E-state index contributed by atoms with van der Waals surface area (Å²) in [6.07, 6.45) is 7.26. The van der Waals surface area contributed by atoms with E-state index in [1.54, 1.807) is 0 Å². The monoisotopic (exact) mass is 161 g/mol. The highest BCUT2D eigenvalue weighted by Gasteiger charge is 2.09. The molecule has 1 unspecified atom stereocenters. The van der Waals surface area contributed by atoms with Gasteiger partial charge in [0.2, 0.25) is 0 Å². The number of hydrogen-bond acceptors (Lipinski definition) is 2. The predicted molar refractivity (Wildman–Crippen MR) is 38.5 cm³/mol. The smallest absolute Gasteiger partial charge is 0.133 e. The van der Waals surface area contributed by atoms with E-state index in [0.29, 0.717) is 13.0 Å². The van der Waals surface area contributed by atoms with Crippen LogP contribution in [-0.2, 0) is 9.09 Å². The largest absolute Gasteiger partial charge is 0.694 e. The Morgan fingerprint density at radius 3 is 2.80 bits per heavy atom. The van der Waals surface area contributed by atoms with Crippen molar-refractivity contribution in [3.05, 3.63) is 0 Å². The zero-order chi connectivity index (χ0) is 7.82. The van der Waals surface area contributed by atoms with E-state index < -0.39 is 8.25 Å². The van der Waals surface area contributed by atoms with Crippen LogP contribution < -0.4 is 0 Å².